The highest BCUT2D eigenvalue weighted by molar-refractivity contribution is 8.00. The summed E-state index contributed by atoms with van der Waals surface area (Å²) in [5, 5.41) is 3.75. The molecule has 1 saturated heterocycles. The predicted molar refractivity (Wildman–Crippen MR) is 53.3 cm³/mol. The minimum absolute atomic E-state index is 0.219. The van der Waals surface area contributed by atoms with Crippen molar-refractivity contribution in [2.75, 3.05) is 18.8 Å². The van der Waals surface area contributed by atoms with E-state index < -0.39 is 0 Å². The molecule has 0 atom stereocenters. The fourth-order valence-corrected chi connectivity index (χ4v) is 2.22. The van der Waals surface area contributed by atoms with Gasteiger partial charge in [-0.1, -0.05) is 0 Å². The average molecular weight is 198 g/mol. The molecule has 2 rings (SSSR count). The summed E-state index contributed by atoms with van der Waals surface area (Å²) >= 11 is 1.70. The van der Waals surface area contributed by atoms with Crippen LogP contribution in [0, 0.1) is 5.82 Å². The minimum Gasteiger partial charge on any atom is -0.396 e. The second-order valence-corrected chi connectivity index (χ2v) is 4.46. The Morgan fingerprint density at radius 3 is 2.77 bits per heavy atom. The van der Waals surface area contributed by atoms with E-state index in [1.165, 1.54) is 6.07 Å². The molecule has 0 aliphatic carbocycles. The summed E-state index contributed by atoms with van der Waals surface area (Å²) in [5.41, 5.74) is 5.59. The Labute approximate surface area is 80.7 Å². The normalized spacial score (nSPS) is 17.0. The number of benzene rings is 1. The van der Waals surface area contributed by atoms with E-state index in [9.17, 15) is 4.39 Å². The molecule has 1 aliphatic rings. The van der Waals surface area contributed by atoms with Crippen LogP contribution in [0.3, 0.4) is 0 Å². The lowest BCUT2D eigenvalue weighted by Crippen LogP contribution is -2.44. The Morgan fingerprint density at radius 1 is 1.46 bits per heavy atom. The summed E-state index contributed by atoms with van der Waals surface area (Å²) in [6, 6.07) is 4.98. The first-order valence-corrected chi connectivity index (χ1v) is 5.06. The van der Waals surface area contributed by atoms with Crippen molar-refractivity contribution >= 4 is 17.4 Å². The van der Waals surface area contributed by atoms with Crippen molar-refractivity contribution in [3.63, 3.8) is 0 Å². The highest BCUT2D eigenvalue weighted by Gasteiger charge is 2.17. The fourth-order valence-electron chi connectivity index (χ4n) is 1.12. The lowest BCUT2D eigenvalue weighted by molar-refractivity contribution is 0.543. The van der Waals surface area contributed by atoms with Crippen LogP contribution in [-0.4, -0.2) is 18.3 Å². The zero-order valence-electron chi connectivity index (χ0n) is 7.09. The van der Waals surface area contributed by atoms with Gasteiger partial charge in [-0.25, -0.2) is 4.39 Å². The van der Waals surface area contributed by atoms with Crippen molar-refractivity contribution in [1.29, 1.82) is 0 Å². The van der Waals surface area contributed by atoms with Crippen molar-refractivity contribution < 1.29 is 4.39 Å². The summed E-state index contributed by atoms with van der Waals surface area (Å²) in [4.78, 5) is 0.957. The molecule has 4 heteroatoms. The summed E-state index contributed by atoms with van der Waals surface area (Å²) in [5.74, 6) is -0.322. The SMILES string of the molecule is Nc1ccc(SC2CNC2)cc1F. The molecule has 2 nitrogen and oxygen atoms in total. The van der Waals surface area contributed by atoms with Gasteiger partial charge in [0.05, 0.1) is 5.69 Å². The van der Waals surface area contributed by atoms with Crippen LogP contribution in [0.15, 0.2) is 23.1 Å². The Kier molecular flexibility index (Phi) is 2.42. The molecule has 0 radical (unpaired) electrons. The molecule has 13 heavy (non-hydrogen) atoms. The molecule has 0 saturated carbocycles. The number of rotatable bonds is 2. The molecule has 1 aliphatic heterocycles. The first kappa shape index (κ1) is 8.84. The lowest BCUT2D eigenvalue weighted by Gasteiger charge is -2.26. The average Bonchev–Trinajstić information content (AvgIpc) is 2.04. The fraction of sp³-hybridized carbons (Fsp3) is 0.333. The zero-order chi connectivity index (χ0) is 9.26. The van der Waals surface area contributed by atoms with Crippen LogP contribution in [0.4, 0.5) is 10.1 Å². The van der Waals surface area contributed by atoms with Crippen LogP contribution in [0.1, 0.15) is 0 Å². The number of nitrogens with one attached hydrogen (secondary N) is 1. The summed E-state index contributed by atoms with van der Waals surface area (Å²) < 4.78 is 13.0. The molecule has 0 bridgehead atoms. The van der Waals surface area contributed by atoms with Crippen LogP contribution in [-0.2, 0) is 0 Å². The van der Waals surface area contributed by atoms with Gasteiger partial charge in [-0.15, -0.1) is 11.8 Å². The van der Waals surface area contributed by atoms with Gasteiger partial charge in [0.1, 0.15) is 5.82 Å². The smallest absolute Gasteiger partial charge is 0.147 e. The van der Waals surface area contributed by atoms with E-state index in [1.54, 1.807) is 17.8 Å². The first-order valence-electron chi connectivity index (χ1n) is 4.18. The van der Waals surface area contributed by atoms with Crippen molar-refractivity contribution in [1.82, 2.24) is 5.32 Å². The summed E-state index contributed by atoms with van der Waals surface area (Å²) in [7, 11) is 0. The van der Waals surface area contributed by atoms with E-state index in [0.29, 0.717) is 5.25 Å². The zero-order valence-corrected chi connectivity index (χ0v) is 7.90. The molecule has 1 heterocycles. The highest BCUT2D eigenvalue weighted by Crippen LogP contribution is 2.27. The van der Waals surface area contributed by atoms with Crippen LogP contribution < -0.4 is 11.1 Å². The topological polar surface area (TPSA) is 38.0 Å². The molecular weight excluding hydrogens is 187 g/mol. The number of anilines is 1. The second kappa shape index (κ2) is 3.55. The quantitative estimate of drug-likeness (QED) is 0.707. The Bertz CT molecular complexity index is 312. The van der Waals surface area contributed by atoms with Crippen molar-refractivity contribution in [2.45, 2.75) is 10.1 Å². The summed E-state index contributed by atoms with van der Waals surface area (Å²) in [6.07, 6.45) is 0. The molecule has 0 spiro atoms. The maximum Gasteiger partial charge on any atom is 0.147 e. The molecule has 0 aromatic heterocycles. The van der Waals surface area contributed by atoms with Crippen LogP contribution in [0.25, 0.3) is 0 Å². The van der Waals surface area contributed by atoms with Crippen molar-refractivity contribution in [3.8, 4) is 0 Å². The van der Waals surface area contributed by atoms with E-state index >= 15 is 0 Å². The third-order valence-electron chi connectivity index (χ3n) is 2.02. The number of nitrogen functional groups attached to an aromatic ring is 1. The van der Waals surface area contributed by atoms with E-state index in [2.05, 4.69) is 5.32 Å². The second-order valence-electron chi connectivity index (χ2n) is 3.08. The van der Waals surface area contributed by atoms with E-state index in [0.717, 1.165) is 18.0 Å². The standard InChI is InChI=1S/C9H11FN2S/c10-8-3-6(1-2-9(8)11)13-7-4-12-5-7/h1-3,7,12H,4-5,11H2. The number of thioether (sulfide) groups is 1. The van der Waals surface area contributed by atoms with Gasteiger partial charge in [-0.3, -0.25) is 0 Å². The largest absolute Gasteiger partial charge is 0.396 e. The highest BCUT2D eigenvalue weighted by atomic mass is 32.2. The molecule has 1 aromatic rings. The van der Waals surface area contributed by atoms with Crippen LogP contribution >= 0.6 is 11.8 Å². The molecule has 0 amide bonds. The van der Waals surface area contributed by atoms with Crippen LogP contribution in [0.5, 0.6) is 0 Å². The van der Waals surface area contributed by atoms with Gasteiger partial charge >= 0.3 is 0 Å². The van der Waals surface area contributed by atoms with E-state index in [4.69, 9.17) is 5.73 Å². The van der Waals surface area contributed by atoms with Gasteiger partial charge in [-0.05, 0) is 18.2 Å². The van der Waals surface area contributed by atoms with Crippen molar-refractivity contribution in [2.24, 2.45) is 0 Å². The maximum absolute atomic E-state index is 13.0. The van der Waals surface area contributed by atoms with E-state index in [-0.39, 0.29) is 11.5 Å². The Hall–Kier alpha value is -0.740. The lowest BCUT2D eigenvalue weighted by atomic mass is 10.3. The minimum atomic E-state index is -0.322. The van der Waals surface area contributed by atoms with Gasteiger partial charge in [0.15, 0.2) is 0 Å². The molecule has 0 unspecified atom stereocenters. The number of nitrogens with two attached hydrogens (primary N) is 1. The first-order chi connectivity index (χ1) is 6.25. The molecular formula is C9H11FN2S. The molecule has 1 aromatic carbocycles. The maximum atomic E-state index is 13.0. The van der Waals surface area contributed by atoms with Gasteiger partial charge < -0.3 is 11.1 Å². The molecule has 3 N–H and O–H groups in total. The third kappa shape index (κ3) is 1.95. The van der Waals surface area contributed by atoms with E-state index in [1.807, 2.05) is 6.07 Å². The summed E-state index contributed by atoms with van der Waals surface area (Å²) in [6.45, 7) is 2.02. The third-order valence-corrected chi connectivity index (χ3v) is 3.21. The predicted octanol–water partition coefficient (Wildman–Crippen LogP) is 1.47. The molecule has 1 fully saturated rings. The van der Waals surface area contributed by atoms with Gasteiger partial charge in [-0.2, -0.15) is 0 Å². The van der Waals surface area contributed by atoms with Gasteiger partial charge in [0.2, 0.25) is 0 Å². The Balaban J connectivity index is 2.07. The number of hydrogen-bond donors (Lipinski definition) is 2. The number of halogens is 1. The Morgan fingerprint density at radius 2 is 2.23 bits per heavy atom. The van der Waals surface area contributed by atoms with Gasteiger partial charge in [0, 0.05) is 23.2 Å². The number of hydrogen-bond acceptors (Lipinski definition) is 3. The van der Waals surface area contributed by atoms with Crippen molar-refractivity contribution in [3.05, 3.63) is 24.0 Å². The monoisotopic (exact) mass is 198 g/mol. The van der Waals surface area contributed by atoms with Gasteiger partial charge in [0.25, 0.3) is 0 Å². The van der Waals surface area contributed by atoms with Crippen LogP contribution in [0.2, 0.25) is 0 Å². The molecule has 70 valence electrons.